The standard InChI is InChI=1S/C29H27N7O/c1-18-23(16-35(3)34-18)22-12-7-9-20-15-25(36(29(37)26(20)22)21-10-5-4-6-11-21)19(2)33-28-27-24(31-17-32-28)13-8-14-30-27/h4-15,17,19,23H,16H2,1-3H3,(H,31,32,33). The maximum absolute atomic E-state index is 14.3. The van der Waals surface area contributed by atoms with Crippen molar-refractivity contribution in [3.05, 3.63) is 101 Å². The van der Waals surface area contributed by atoms with Crippen molar-refractivity contribution in [2.45, 2.75) is 25.8 Å². The largest absolute Gasteiger partial charge is 0.360 e. The van der Waals surface area contributed by atoms with Crippen molar-refractivity contribution in [1.82, 2.24) is 24.5 Å². The van der Waals surface area contributed by atoms with Gasteiger partial charge in [0, 0.05) is 42.8 Å². The summed E-state index contributed by atoms with van der Waals surface area (Å²) in [6.07, 6.45) is 3.25. The number of para-hydroxylation sites is 1. The van der Waals surface area contributed by atoms with Crippen LogP contribution in [0.25, 0.3) is 27.5 Å². The highest BCUT2D eigenvalue weighted by atomic mass is 16.1. The van der Waals surface area contributed by atoms with E-state index >= 15 is 0 Å². The van der Waals surface area contributed by atoms with Gasteiger partial charge in [0.15, 0.2) is 5.82 Å². The minimum absolute atomic E-state index is 0.0454. The Morgan fingerprint density at radius 3 is 2.62 bits per heavy atom. The number of hydrazone groups is 1. The molecule has 3 aromatic heterocycles. The average molecular weight is 490 g/mol. The Labute approximate surface area is 214 Å². The second kappa shape index (κ2) is 9.13. The number of hydrogen-bond acceptors (Lipinski definition) is 7. The lowest BCUT2D eigenvalue weighted by molar-refractivity contribution is 0.381. The number of hydrogen-bond donors (Lipinski definition) is 1. The van der Waals surface area contributed by atoms with Crippen LogP contribution in [-0.2, 0) is 0 Å². The SMILES string of the molecule is CC1=NN(C)CC1c1cccc2cc(C(C)Nc3ncnc4cccnc34)n(-c3ccccc3)c(=O)c12. The van der Waals surface area contributed by atoms with Gasteiger partial charge >= 0.3 is 0 Å². The van der Waals surface area contributed by atoms with E-state index in [2.05, 4.69) is 37.5 Å². The Hall–Kier alpha value is -4.59. The summed E-state index contributed by atoms with van der Waals surface area (Å²) in [6, 6.07) is 21.5. The van der Waals surface area contributed by atoms with Gasteiger partial charge in [-0.25, -0.2) is 9.97 Å². The lowest BCUT2D eigenvalue weighted by Gasteiger charge is -2.23. The van der Waals surface area contributed by atoms with Crippen molar-refractivity contribution in [2.24, 2.45) is 5.10 Å². The van der Waals surface area contributed by atoms with Crippen molar-refractivity contribution in [2.75, 3.05) is 18.9 Å². The van der Waals surface area contributed by atoms with Crippen LogP contribution in [0, 0.1) is 0 Å². The van der Waals surface area contributed by atoms with Crippen molar-refractivity contribution < 1.29 is 0 Å². The summed E-state index contributed by atoms with van der Waals surface area (Å²) in [7, 11) is 1.97. The van der Waals surface area contributed by atoms with Crippen molar-refractivity contribution >= 4 is 33.3 Å². The third-order valence-electron chi connectivity index (χ3n) is 6.97. The quantitative estimate of drug-likeness (QED) is 0.378. The first-order chi connectivity index (χ1) is 18.0. The molecule has 0 amide bonds. The molecule has 5 aromatic rings. The molecule has 4 heterocycles. The van der Waals surface area contributed by atoms with Gasteiger partial charge in [-0.15, -0.1) is 0 Å². The number of fused-ring (bicyclic) bond motifs is 2. The fourth-order valence-electron chi connectivity index (χ4n) is 5.24. The molecule has 0 bridgehead atoms. The average Bonchev–Trinajstić information content (AvgIpc) is 3.26. The number of rotatable bonds is 5. The minimum atomic E-state index is -0.248. The first-order valence-corrected chi connectivity index (χ1v) is 12.3. The van der Waals surface area contributed by atoms with Gasteiger partial charge in [0.2, 0.25) is 0 Å². The summed E-state index contributed by atoms with van der Waals surface area (Å²) in [4.78, 5) is 27.6. The number of benzene rings is 2. The molecule has 184 valence electrons. The monoisotopic (exact) mass is 489 g/mol. The highest BCUT2D eigenvalue weighted by Crippen LogP contribution is 2.31. The molecular formula is C29H27N7O. The van der Waals surface area contributed by atoms with Crippen LogP contribution in [0.4, 0.5) is 5.82 Å². The third kappa shape index (κ3) is 4.00. The molecular weight excluding hydrogens is 462 g/mol. The molecule has 2 unspecified atom stereocenters. The van der Waals surface area contributed by atoms with E-state index in [1.165, 1.54) is 6.33 Å². The topological polar surface area (TPSA) is 88.3 Å². The van der Waals surface area contributed by atoms with Crippen LogP contribution < -0.4 is 10.9 Å². The molecule has 2 atom stereocenters. The first-order valence-electron chi connectivity index (χ1n) is 12.3. The summed E-state index contributed by atoms with van der Waals surface area (Å²) in [5.41, 5.74) is 5.07. The lowest BCUT2D eigenvalue weighted by atomic mass is 9.91. The fraction of sp³-hybridized carbons (Fsp3) is 0.207. The first kappa shape index (κ1) is 22.8. The molecule has 6 rings (SSSR count). The number of nitrogens with one attached hydrogen (secondary N) is 1. The van der Waals surface area contributed by atoms with E-state index in [0.29, 0.717) is 11.3 Å². The number of likely N-dealkylation sites (N-methyl/N-ethyl adjacent to an activating group) is 1. The smallest absolute Gasteiger partial charge is 0.263 e. The van der Waals surface area contributed by atoms with Gasteiger partial charge in [-0.2, -0.15) is 5.10 Å². The van der Waals surface area contributed by atoms with Gasteiger partial charge < -0.3 is 5.32 Å². The van der Waals surface area contributed by atoms with E-state index in [4.69, 9.17) is 0 Å². The van der Waals surface area contributed by atoms with Crippen LogP contribution in [0.1, 0.15) is 37.1 Å². The number of pyridine rings is 2. The van der Waals surface area contributed by atoms with Crippen molar-refractivity contribution in [3.8, 4) is 5.69 Å². The minimum Gasteiger partial charge on any atom is -0.360 e. The molecule has 0 radical (unpaired) electrons. The Kier molecular flexibility index (Phi) is 5.64. The molecule has 1 aliphatic heterocycles. The van der Waals surface area contributed by atoms with Crippen LogP contribution in [0.5, 0.6) is 0 Å². The van der Waals surface area contributed by atoms with Gasteiger partial charge in [-0.3, -0.25) is 19.4 Å². The van der Waals surface area contributed by atoms with E-state index in [9.17, 15) is 4.79 Å². The Balaban J connectivity index is 1.54. The highest BCUT2D eigenvalue weighted by molar-refractivity contribution is 5.96. The molecule has 2 aromatic carbocycles. The molecule has 0 saturated heterocycles. The van der Waals surface area contributed by atoms with Crippen LogP contribution in [0.15, 0.2) is 89.2 Å². The van der Waals surface area contributed by atoms with E-state index in [0.717, 1.165) is 45.5 Å². The van der Waals surface area contributed by atoms with Gasteiger partial charge in [-0.05, 0) is 55.1 Å². The van der Waals surface area contributed by atoms with Crippen LogP contribution >= 0.6 is 0 Å². The number of nitrogens with zero attached hydrogens (tertiary/aromatic N) is 6. The van der Waals surface area contributed by atoms with E-state index < -0.39 is 0 Å². The molecule has 8 nitrogen and oxygen atoms in total. The predicted molar refractivity (Wildman–Crippen MR) is 147 cm³/mol. The normalized spacial score (nSPS) is 16.2. The molecule has 0 fully saturated rings. The third-order valence-corrected chi connectivity index (χ3v) is 6.97. The van der Waals surface area contributed by atoms with Gasteiger partial charge in [0.05, 0.1) is 16.9 Å². The van der Waals surface area contributed by atoms with Crippen molar-refractivity contribution in [3.63, 3.8) is 0 Å². The van der Waals surface area contributed by atoms with Crippen molar-refractivity contribution in [1.29, 1.82) is 0 Å². The summed E-state index contributed by atoms with van der Waals surface area (Å²) in [6.45, 7) is 4.82. The molecule has 1 N–H and O–H groups in total. The molecule has 1 aliphatic rings. The van der Waals surface area contributed by atoms with Crippen LogP contribution in [0.2, 0.25) is 0 Å². The van der Waals surface area contributed by atoms with E-state index in [1.54, 1.807) is 6.20 Å². The summed E-state index contributed by atoms with van der Waals surface area (Å²) in [5.74, 6) is 0.699. The fourth-order valence-corrected chi connectivity index (χ4v) is 5.24. The lowest BCUT2D eigenvalue weighted by Crippen LogP contribution is -2.27. The summed E-state index contributed by atoms with van der Waals surface area (Å²) < 4.78 is 1.81. The molecule has 0 saturated carbocycles. The van der Waals surface area contributed by atoms with Crippen LogP contribution in [0.3, 0.4) is 0 Å². The second-order valence-electron chi connectivity index (χ2n) is 9.45. The maximum Gasteiger partial charge on any atom is 0.263 e. The number of anilines is 1. The zero-order valence-electron chi connectivity index (χ0n) is 21.0. The molecule has 8 heteroatoms. The Morgan fingerprint density at radius 2 is 1.84 bits per heavy atom. The molecule has 0 aliphatic carbocycles. The van der Waals surface area contributed by atoms with E-state index in [1.807, 2.05) is 85.1 Å². The Morgan fingerprint density at radius 1 is 1.00 bits per heavy atom. The molecule has 0 spiro atoms. The van der Waals surface area contributed by atoms with Crippen LogP contribution in [-0.4, -0.2) is 43.8 Å². The Bertz CT molecular complexity index is 1710. The maximum atomic E-state index is 14.3. The zero-order chi connectivity index (χ0) is 25.5. The van der Waals surface area contributed by atoms with Gasteiger partial charge in [-0.1, -0.05) is 36.4 Å². The summed E-state index contributed by atoms with van der Waals surface area (Å²) >= 11 is 0. The zero-order valence-corrected chi connectivity index (χ0v) is 21.0. The van der Waals surface area contributed by atoms with Gasteiger partial charge in [0.1, 0.15) is 11.8 Å². The van der Waals surface area contributed by atoms with Gasteiger partial charge in [0.25, 0.3) is 5.56 Å². The molecule has 37 heavy (non-hydrogen) atoms. The number of aromatic nitrogens is 4. The predicted octanol–water partition coefficient (Wildman–Crippen LogP) is 4.91. The highest BCUT2D eigenvalue weighted by Gasteiger charge is 2.27. The summed E-state index contributed by atoms with van der Waals surface area (Å²) in [5, 5.41) is 11.7. The van der Waals surface area contributed by atoms with E-state index in [-0.39, 0.29) is 17.5 Å². The second-order valence-corrected chi connectivity index (χ2v) is 9.45.